The Morgan fingerprint density at radius 3 is 1.09 bits per heavy atom. The fourth-order valence-corrected chi connectivity index (χ4v) is 10.3. The summed E-state index contributed by atoms with van der Waals surface area (Å²) in [6, 6.07) is 28.0. The lowest BCUT2D eigenvalue weighted by Gasteiger charge is -2.23. The van der Waals surface area contributed by atoms with Crippen LogP contribution in [0.4, 0.5) is 63.2 Å². The Kier molecular flexibility index (Phi) is 22.8. The Morgan fingerprint density at radius 1 is 0.388 bits per heavy atom. The van der Waals surface area contributed by atoms with E-state index in [4.69, 9.17) is 60.8 Å². The summed E-state index contributed by atoms with van der Waals surface area (Å²) in [5.41, 5.74) is 25.8. The maximum absolute atomic E-state index is 11.7. The number of ether oxygens (including phenoxy) is 8. The Labute approximate surface area is 588 Å². The number of fused-ring (bicyclic) bond motifs is 10. The molecule has 15 rings (SSSR count). The monoisotopic (exact) mass is 1410 g/mol. The minimum Gasteiger partial charge on any atom is -0.491 e. The van der Waals surface area contributed by atoms with Gasteiger partial charge in [0.05, 0.1) is 49.0 Å². The van der Waals surface area contributed by atoms with E-state index in [-0.39, 0.29) is 28.4 Å². The normalized spacial score (nSPS) is 12.0. The molecule has 538 valence electrons. The second kappa shape index (κ2) is 32.7. The first-order valence-corrected chi connectivity index (χ1v) is 32.6. The van der Waals surface area contributed by atoms with Crippen molar-refractivity contribution in [1.29, 1.82) is 0 Å². The van der Waals surface area contributed by atoms with Gasteiger partial charge in [0, 0.05) is 61.4 Å². The zero-order valence-electron chi connectivity index (χ0n) is 57.6. The van der Waals surface area contributed by atoms with Gasteiger partial charge in [0.25, 0.3) is 0 Å². The van der Waals surface area contributed by atoms with Crippen molar-refractivity contribution in [3.63, 3.8) is 0 Å². The van der Waals surface area contributed by atoms with E-state index in [9.17, 15) is 24.0 Å². The van der Waals surface area contributed by atoms with Crippen LogP contribution in [0.2, 0.25) is 0 Å². The van der Waals surface area contributed by atoms with Gasteiger partial charge >= 0.3 is 28.4 Å². The second-order valence-corrected chi connectivity index (χ2v) is 23.6. The number of rotatable bonds is 17. The molecule has 0 saturated heterocycles. The first-order valence-electron chi connectivity index (χ1n) is 32.6. The van der Waals surface area contributed by atoms with Crippen molar-refractivity contribution in [2.75, 3.05) is 105 Å². The molecule has 5 aliphatic rings. The average molecular weight is 1410 g/mol. The Balaban J connectivity index is 0.000000129. The molecule has 0 radical (unpaired) electrons. The summed E-state index contributed by atoms with van der Waals surface area (Å²) in [5, 5.41) is 18.8. The number of anilines is 11. The van der Waals surface area contributed by atoms with E-state index in [0.29, 0.717) is 168 Å². The van der Waals surface area contributed by atoms with Crippen LogP contribution in [-0.4, -0.2) is 126 Å². The third-order valence-electron chi connectivity index (χ3n) is 15.6. The summed E-state index contributed by atoms with van der Waals surface area (Å²) in [7, 11) is 12.1. The number of para-hydroxylation sites is 5. The summed E-state index contributed by atoms with van der Waals surface area (Å²) < 4.78 is 52.8. The zero-order valence-corrected chi connectivity index (χ0v) is 57.6. The van der Waals surface area contributed by atoms with Gasteiger partial charge in [0.1, 0.15) is 53.2 Å². The maximum atomic E-state index is 11.7. The highest BCUT2D eigenvalue weighted by Gasteiger charge is 2.27. The predicted octanol–water partition coefficient (Wildman–Crippen LogP) is 6.42. The summed E-state index contributed by atoms with van der Waals surface area (Å²) in [4.78, 5) is 79.8. The molecule has 0 atom stereocenters. The quantitative estimate of drug-likeness (QED) is 0.0440. The van der Waals surface area contributed by atoms with Crippen LogP contribution in [0.25, 0.3) is 0 Å². The highest BCUT2D eigenvalue weighted by atomic mass is 16.5. The number of hydrogen-bond acceptors (Lipinski definition) is 29. The first kappa shape index (κ1) is 71.8. The molecular weight excluding hydrogens is 1330 g/mol. The van der Waals surface area contributed by atoms with E-state index in [0.717, 1.165) is 54.2 Å². The molecule has 10 aromatic rings. The van der Waals surface area contributed by atoms with Gasteiger partial charge in [-0.1, -0.05) is 36.4 Å². The molecule has 5 aliphatic heterocycles. The molecule has 34 nitrogen and oxygen atoms in total. The summed E-state index contributed by atoms with van der Waals surface area (Å²) in [6.07, 6.45) is 10.6. The Bertz CT molecular complexity index is 4770. The largest absolute Gasteiger partial charge is 0.491 e. The molecule has 0 saturated carbocycles. The minimum atomic E-state index is -0.358. The summed E-state index contributed by atoms with van der Waals surface area (Å²) >= 11 is 0. The molecule has 0 fully saturated rings. The van der Waals surface area contributed by atoms with Crippen LogP contribution in [0.3, 0.4) is 0 Å². The molecule has 10 heterocycles. The van der Waals surface area contributed by atoms with E-state index in [1.54, 1.807) is 72.3 Å². The first-order chi connectivity index (χ1) is 49.8. The maximum Gasteiger partial charge on any atom is 0.349 e. The van der Waals surface area contributed by atoms with Crippen LogP contribution in [0.5, 0.6) is 74.7 Å². The fourth-order valence-electron chi connectivity index (χ4n) is 10.3. The van der Waals surface area contributed by atoms with Crippen LogP contribution < -0.4 is 121 Å². The van der Waals surface area contributed by atoms with Crippen LogP contribution in [-0.2, 0) is 41.7 Å². The number of hydrogen-bond donors (Lipinski definition) is 10. The number of likely N-dealkylation sites (N-methyl/N-ethyl adjacent to an activating group) is 1. The lowest BCUT2D eigenvalue weighted by Crippen LogP contribution is -2.22. The lowest BCUT2D eigenvalue weighted by molar-refractivity contribution is 0.261. The molecular formula is C69H79N21O13. The number of nitrogens with two attached hydrogens (primary N) is 4. The lowest BCUT2D eigenvalue weighted by atomic mass is 10.1. The Hall–Kier alpha value is -12.5. The van der Waals surface area contributed by atoms with Crippen LogP contribution in [0.1, 0.15) is 18.4 Å². The number of aryl methyl sites for hydroxylation is 6. The van der Waals surface area contributed by atoms with Gasteiger partial charge in [-0.05, 0) is 107 Å². The van der Waals surface area contributed by atoms with Gasteiger partial charge in [0.15, 0.2) is 86.6 Å². The van der Waals surface area contributed by atoms with Crippen molar-refractivity contribution in [2.45, 2.75) is 19.3 Å². The number of aromatic nitrogens is 10. The number of nitrogens with one attached hydrogen (secondary N) is 6. The van der Waals surface area contributed by atoms with Crippen molar-refractivity contribution < 1.29 is 37.9 Å². The summed E-state index contributed by atoms with van der Waals surface area (Å²) in [6.45, 7) is 5.08. The van der Waals surface area contributed by atoms with E-state index in [1.165, 1.54) is 22.8 Å². The van der Waals surface area contributed by atoms with Gasteiger partial charge < -0.3 is 97.6 Å². The van der Waals surface area contributed by atoms with Crippen molar-refractivity contribution in [3.8, 4) is 74.7 Å². The zero-order chi connectivity index (χ0) is 72.8. The van der Waals surface area contributed by atoms with Crippen LogP contribution >= 0.6 is 0 Å². The molecule has 0 spiro atoms. The SMILES string of the molecule is CN(C)CCOc1cccc2c1Nc1nc(=O)n(C)cc1O2.Cn1cc2c(nc1=O)Nc1c(CCCN)cccc1O2.Cn1cc2c(nc1=O)Nc1c(NCCN)cccc1O2.Cn1cc2c(nc1=O)Nc1c(OCCCN)cccc1O2.Cn1cc2c(nc1=O)Nc1c(OCCN)cccc1O2. The van der Waals surface area contributed by atoms with Gasteiger partial charge in [-0.2, -0.15) is 24.9 Å². The molecule has 34 heteroatoms. The minimum absolute atomic E-state index is 0.317. The highest BCUT2D eigenvalue weighted by molar-refractivity contribution is 5.84. The third kappa shape index (κ3) is 17.0. The van der Waals surface area contributed by atoms with Gasteiger partial charge in [-0.25, -0.2) is 24.0 Å². The average Bonchev–Trinajstić information content (AvgIpc) is 0.814. The van der Waals surface area contributed by atoms with Crippen molar-refractivity contribution >= 4 is 63.2 Å². The van der Waals surface area contributed by atoms with E-state index >= 15 is 0 Å². The standard InChI is InChI=1S/C15H18N4O3.C14H16N4O3.C14H16N4O2.C13H15N5O2.C13H14N4O3/c1-18(2)7-8-21-10-5-4-6-11-13(10)16-14-12(22-11)9-19(3)15(20)17-14;1-18-8-11-13(17-14(18)19)16-12-9(20-7-3-6-15)4-2-5-10(12)21-11;1-18-8-11-13(17-14(18)19)16-12-9(5-3-7-15)4-2-6-10(12)20-11;1-18-7-10-12(17-13(18)19)16-11-8(15-6-5-14)3-2-4-9(11)20-10;1-17-7-10-12(16-13(17)18)15-11-8(19-6-5-14)3-2-4-9(11)20-10/h4-6,9H,7-8H2,1-3H3,(H,16,17,20);2,4-5,8H,3,6-7,15H2,1H3,(H,16,17,19);2,4,6,8H,3,5,7,15H2,1H3,(H,16,17,19);2-4,7,15H,5-6,14H2,1H3,(H,16,17,19);2-4,7H,5-6,14H2,1H3,(H,15,16,18). The van der Waals surface area contributed by atoms with Crippen molar-refractivity contribution in [1.82, 2.24) is 52.7 Å². The predicted molar refractivity (Wildman–Crippen MR) is 389 cm³/mol. The van der Waals surface area contributed by atoms with Gasteiger partial charge in [-0.3, -0.25) is 22.8 Å². The molecule has 0 unspecified atom stereocenters. The Morgan fingerprint density at radius 2 is 0.718 bits per heavy atom. The molecule has 14 N–H and O–H groups in total. The number of nitrogens with zero attached hydrogens (tertiary/aromatic N) is 11. The van der Waals surface area contributed by atoms with E-state index in [1.807, 2.05) is 104 Å². The van der Waals surface area contributed by atoms with E-state index < -0.39 is 0 Å². The van der Waals surface area contributed by atoms with E-state index in [2.05, 4.69) is 56.8 Å². The number of benzene rings is 5. The third-order valence-corrected chi connectivity index (χ3v) is 15.6. The van der Waals surface area contributed by atoms with Crippen LogP contribution in [0, 0.1) is 0 Å². The molecule has 103 heavy (non-hydrogen) atoms. The van der Waals surface area contributed by atoms with Crippen molar-refractivity contribution in [3.05, 3.63) is 180 Å². The molecule has 0 aliphatic carbocycles. The molecule has 0 amide bonds. The second-order valence-electron chi connectivity index (χ2n) is 23.6. The van der Waals surface area contributed by atoms with Crippen molar-refractivity contribution in [2.24, 2.45) is 58.2 Å². The van der Waals surface area contributed by atoms with Crippen LogP contribution in [0.15, 0.2) is 146 Å². The van der Waals surface area contributed by atoms with Gasteiger partial charge in [-0.15, -0.1) is 0 Å². The highest BCUT2D eigenvalue weighted by Crippen LogP contribution is 2.49. The smallest absolute Gasteiger partial charge is 0.349 e. The topological polar surface area (TPSA) is 428 Å². The molecule has 0 bridgehead atoms. The fraction of sp³-hybridized carbons (Fsp3) is 0.275. The molecule has 5 aromatic heterocycles. The summed E-state index contributed by atoms with van der Waals surface area (Å²) in [5.74, 6) is 9.89. The molecule has 5 aromatic carbocycles. The van der Waals surface area contributed by atoms with Gasteiger partial charge in [0.2, 0.25) is 0 Å².